The second-order valence-corrected chi connectivity index (χ2v) is 6.97. The highest BCUT2D eigenvalue weighted by Gasteiger charge is 2.19. The third-order valence-corrected chi connectivity index (χ3v) is 5.18. The molecule has 0 spiro atoms. The van der Waals surface area contributed by atoms with Gasteiger partial charge in [-0.3, -0.25) is 9.69 Å². The summed E-state index contributed by atoms with van der Waals surface area (Å²) in [7, 11) is 0. The number of hydrogen-bond acceptors (Lipinski definition) is 2. The van der Waals surface area contributed by atoms with E-state index < -0.39 is 0 Å². The second kappa shape index (κ2) is 7.56. The van der Waals surface area contributed by atoms with Crippen molar-refractivity contribution in [2.24, 2.45) is 0 Å². The monoisotopic (exact) mass is 362 g/mol. The molecule has 1 aliphatic rings. The standard InChI is InChI=1S/C19H20Cl2N2O/c1-13(24)22-10-14-2-4-15(5-3-14)11-23-9-8-17-16(12-23)6-7-18(20)19(17)21/h2-7H,8-12H2,1H3,(H,22,24). The van der Waals surface area contributed by atoms with Gasteiger partial charge in [-0.2, -0.15) is 0 Å². The van der Waals surface area contributed by atoms with E-state index in [-0.39, 0.29) is 5.91 Å². The summed E-state index contributed by atoms with van der Waals surface area (Å²) in [6.07, 6.45) is 0.926. The zero-order valence-electron chi connectivity index (χ0n) is 13.6. The van der Waals surface area contributed by atoms with Gasteiger partial charge in [-0.15, -0.1) is 0 Å². The number of benzene rings is 2. The van der Waals surface area contributed by atoms with Crippen LogP contribution < -0.4 is 5.32 Å². The molecule has 1 N–H and O–H groups in total. The molecule has 0 saturated heterocycles. The lowest BCUT2D eigenvalue weighted by atomic mass is 9.99. The number of rotatable bonds is 4. The molecule has 0 aromatic heterocycles. The number of nitrogens with zero attached hydrogens (tertiary/aromatic N) is 1. The van der Waals surface area contributed by atoms with Crippen molar-refractivity contribution in [3.8, 4) is 0 Å². The second-order valence-electron chi connectivity index (χ2n) is 6.19. The minimum absolute atomic E-state index is 0.00942. The molecular weight excluding hydrogens is 343 g/mol. The Hall–Kier alpha value is -1.55. The first-order chi connectivity index (χ1) is 11.5. The number of amides is 1. The van der Waals surface area contributed by atoms with Crippen molar-refractivity contribution >= 4 is 29.1 Å². The predicted octanol–water partition coefficient (Wildman–Crippen LogP) is 4.19. The number of nitrogens with one attached hydrogen (secondary N) is 1. The lowest BCUT2D eigenvalue weighted by Gasteiger charge is -2.29. The molecule has 3 rings (SSSR count). The Morgan fingerprint density at radius 1 is 1.12 bits per heavy atom. The highest BCUT2D eigenvalue weighted by molar-refractivity contribution is 6.42. The third-order valence-electron chi connectivity index (χ3n) is 4.34. The van der Waals surface area contributed by atoms with E-state index in [4.69, 9.17) is 23.2 Å². The first-order valence-electron chi connectivity index (χ1n) is 8.03. The molecule has 0 bridgehead atoms. The molecule has 0 unspecified atom stereocenters. The van der Waals surface area contributed by atoms with Gasteiger partial charge >= 0.3 is 0 Å². The summed E-state index contributed by atoms with van der Waals surface area (Å²) < 4.78 is 0. The van der Waals surface area contributed by atoms with Crippen LogP contribution in [0.2, 0.25) is 10.0 Å². The van der Waals surface area contributed by atoms with E-state index in [0.29, 0.717) is 16.6 Å². The van der Waals surface area contributed by atoms with E-state index in [9.17, 15) is 4.79 Å². The Labute approximate surface area is 152 Å². The van der Waals surface area contributed by atoms with Crippen LogP contribution in [0.1, 0.15) is 29.2 Å². The molecular formula is C19H20Cl2N2O. The quantitative estimate of drug-likeness (QED) is 0.884. The highest BCUT2D eigenvalue weighted by atomic mass is 35.5. The van der Waals surface area contributed by atoms with Crippen molar-refractivity contribution in [1.82, 2.24) is 10.2 Å². The Bertz CT molecular complexity index is 744. The van der Waals surface area contributed by atoms with Gasteiger partial charge in [0.25, 0.3) is 0 Å². The van der Waals surface area contributed by atoms with Crippen LogP contribution in [-0.2, 0) is 30.8 Å². The van der Waals surface area contributed by atoms with Crippen molar-refractivity contribution in [3.63, 3.8) is 0 Å². The fraction of sp³-hybridized carbons (Fsp3) is 0.316. The van der Waals surface area contributed by atoms with Crippen LogP contribution in [0.5, 0.6) is 0 Å². The van der Waals surface area contributed by atoms with Crippen molar-refractivity contribution in [2.75, 3.05) is 6.54 Å². The van der Waals surface area contributed by atoms with Crippen molar-refractivity contribution in [2.45, 2.75) is 33.0 Å². The lowest BCUT2D eigenvalue weighted by molar-refractivity contribution is -0.119. The minimum atomic E-state index is -0.00942. The Morgan fingerprint density at radius 3 is 2.54 bits per heavy atom. The van der Waals surface area contributed by atoms with Crippen LogP contribution in [0.15, 0.2) is 36.4 Å². The summed E-state index contributed by atoms with van der Waals surface area (Å²) in [5.41, 5.74) is 4.83. The Kier molecular flexibility index (Phi) is 5.44. The fourth-order valence-corrected chi connectivity index (χ4v) is 3.48. The maximum atomic E-state index is 11.0. The van der Waals surface area contributed by atoms with Crippen molar-refractivity contribution in [1.29, 1.82) is 0 Å². The molecule has 0 saturated carbocycles. The van der Waals surface area contributed by atoms with Gasteiger partial charge in [-0.25, -0.2) is 0 Å². The molecule has 24 heavy (non-hydrogen) atoms. The maximum Gasteiger partial charge on any atom is 0.217 e. The largest absolute Gasteiger partial charge is 0.352 e. The number of halogens is 2. The fourth-order valence-electron chi connectivity index (χ4n) is 3.02. The topological polar surface area (TPSA) is 32.3 Å². The molecule has 0 aliphatic carbocycles. The first kappa shape index (κ1) is 17.3. The number of carbonyl (C=O) groups excluding carboxylic acids is 1. The van der Waals surface area contributed by atoms with Gasteiger partial charge in [-0.1, -0.05) is 53.5 Å². The van der Waals surface area contributed by atoms with Gasteiger partial charge in [0.15, 0.2) is 0 Å². The van der Waals surface area contributed by atoms with Gasteiger partial charge in [-0.05, 0) is 34.7 Å². The average Bonchev–Trinajstić information content (AvgIpc) is 2.58. The molecule has 1 aliphatic heterocycles. The average molecular weight is 363 g/mol. The van der Waals surface area contributed by atoms with E-state index in [1.807, 2.05) is 6.07 Å². The maximum absolute atomic E-state index is 11.0. The molecule has 0 fully saturated rings. The summed E-state index contributed by atoms with van der Waals surface area (Å²) in [4.78, 5) is 13.4. The van der Waals surface area contributed by atoms with E-state index in [1.165, 1.54) is 23.6 Å². The first-order valence-corrected chi connectivity index (χ1v) is 8.79. The molecule has 1 amide bonds. The lowest BCUT2D eigenvalue weighted by Crippen LogP contribution is -2.30. The van der Waals surface area contributed by atoms with Crippen molar-refractivity contribution in [3.05, 3.63) is 68.7 Å². The van der Waals surface area contributed by atoms with Crippen LogP contribution in [-0.4, -0.2) is 17.4 Å². The van der Waals surface area contributed by atoms with Crippen LogP contribution >= 0.6 is 23.2 Å². The number of hydrogen-bond donors (Lipinski definition) is 1. The Balaban J connectivity index is 1.63. The van der Waals surface area contributed by atoms with Crippen LogP contribution in [0, 0.1) is 0 Å². The van der Waals surface area contributed by atoms with Crippen molar-refractivity contribution < 1.29 is 4.79 Å². The van der Waals surface area contributed by atoms with Gasteiger partial charge in [0.1, 0.15) is 0 Å². The molecule has 3 nitrogen and oxygen atoms in total. The van der Waals surface area contributed by atoms with Gasteiger partial charge < -0.3 is 5.32 Å². The summed E-state index contributed by atoms with van der Waals surface area (Å²) in [5.74, 6) is -0.00942. The van der Waals surface area contributed by atoms with E-state index in [1.54, 1.807) is 0 Å². The van der Waals surface area contributed by atoms with Crippen LogP contribution in [0.3, 0.4) is 0 Å². The van der Waals surface area contributed by atoms with Gasteiger partial charge in [0.05, 0.1) is 10.0 Å². The zero-order valence-corrected chi connectivity index (χ0v) is 15.1. The van der Waals surface area contributed by atoms with E-state index in [2.05, 4.69) is 40.5 Å². The van der Waals surface area contributed by atoms with Gasteiger partial charge in [0, 0.05) is 33.1 Å². The number of carbonyl (C=O) groups is 1. The summed E-state index contributed by atoms with van der Waals surface area (Å²) >= 11 is 12.4. The molecule has 2 aromatic carbocycles. The molecule has 1 heterocycles. The molecule has 0 radical (unpaired) electrons. The third kappa shape index (κ3) is 4.10. The van der Waals surface area contributed by atoms with Crippen LogP contribution in [0.4, 0.5) is 0 Å². The summed E-state index contributed by atoms with van der Waals surface area (Å²) in [5, 5.41) is 4.15. The predicted molar refractivity (Wildman–Crippen MR) is 98.2 cm³/mol. The molecule has 2 aromatic rings. The van der Waals surface area contributed by atoms with Gasteiger partial charge in [0.2, 0.25) is 5.91 Å². The van der Waals surface area contributed by atoms with E-state index >= 15 is 0 Å². The molecule has 0 atom stereocenters. The number of fused-ring (bicyclic) bond motifs is 1. The minimum Gasteiger partial charge on any atom is -0.352 e. The van der Waals surface area contributed by atoms with Crippen LogP contribution in [0.25, 0.3) is 0 Å². The zero-order chi connectivity index (χ0) is 17.1. The smallest absolute Gasteiger partial charge is 0.217 e. The highest BCUT2D eigenvalue weighted by Crippen LogP contribution is 2.32. The van der Waals surface area contributed by atoms with E-state index in [0.717, 1.165) is 31.6 Å². The molecule has 126 valence electrons. The summed E-state index contributed by atoms with van der Waals surface area (Å²) in [6, 6.07) is 12.3. The Morgan fingerprint density at radius 2 is 1.83 bits per heavy atom. The summed E-state index contributed by atoms with van der Waals surface area (Å²) in [6.45, 7) is 4.87. The SMILES string of the molecule is CC(=O)NCc1ccc(CN2CCc3c(ccc(Cl)c3Cl)C2)cc1. The molecule has 5 heteroatoms. The normalized spacial score (nSPS) is 14.3.